The van der Waals surface area contributed by atoms with Gasteiger partial charge < -0.3 is 14.8 Å². The van der Waals surface area contributed by atoms with Gasteiger partial charge in [0.15, 0.2) is 11.5 Å². The molecule has 0 fully saturated rings. The average molecular weight is 351 g/mol. The van der Waals surface area contributed by atoms with E-state index in [0.29, 0.717) is 23.7 Å². The van der Waals surface area contributed by atoms with Crippen LogP contribution in [-0.4, -0.2) is 19.1 Å². The summed E-state index contributed by atoms with van der Waals surface area (Å²) in [6.07, 6.45) is 3.63. The van der Waals surface area contributed by atoms with Gasteiger partial charge in [-0.15, -0.1) is 0 Å². The minimum absolute atomic E-state index is 0.118. The lowest BCUT2D eigenvalue weighted by atomic mass is 10.0. The summed E-state index contributed by atoms with van der Waals surface area (Å²) in [5.74, 6) is 1.30. The highest BCUT2D eigenvalue weighted by atomic mass is 16.5. The van der Waals surface area contributed by atoms with Crippen molar-refractivity contribution in [3.8, 4) is 11.5 Å². The molecular formula is C22H25NO3. The Morgan fingerprint density at radius 1 is 1.08 bits per heavy atom. The Labute approximate surface area is 154 Å². The Balaban J connectivity index is 1.87. The van der Waals surface area contributed by atoms with Crippen molar-refractivity contribution in [3.05, 3.63) is 58.7 Å². The van der Waals surface area contributed by atoms with Crippen LogP contribution < -0.4 is 14.8 Å². The Kier molecular flexibility index (Phi) is 5.61. The van der Waals surface area contributed by atoms with Gasteiger partial charge >= 0.3 is 0 Å². The number of fused-ring (bicyclic) bond motifs is 1. The van der Waals surface area contributed by atoms with Crippen LogP contribution in [0.4, 0.5) is 5.69 Å². The van der Waals surface area contributed by atoms with Crippen LogP contribution >= 0.6 is 0 Å². The molecule has 136 valence electrons. The van der Waals surface area contributed by atoms with Crippen LogP contribution in [-0.2, 0) is 17.6 Å². The lowest BCUT2D eigenvalue weighted by Gasteiger charge is -2.21. The van der Waals surface area contributed by atoms with Crippen molar-refractivity contribution in [2.24, 2.45) is 0 Å². The van der Waals surface area contributed by atoms with E-state index in [9.17, 15) is 4.79 Å². The number of anilines is 1. The minimum atomic E-state index is -0.118. The SMILES string of the molecule is CCOc1cccc2c1OCC(C(=O)Nc1c(CC)cccc1CC)=C2. The van der Waals surface area contributed by atoms with Gasteiger partial charge in [-0.3, -0.25) is 4.79 Å². The van der Waals surface area contributed by atoms with Crippen LogP contribution in [0.1, 0.15) is 37.5 Å². The highest BCUT2D eigenvalue weighted by Gasteiger charge is 2.21. The first-order chi connectivity index (χ1) is 12.7. The lowest BCUT2D eigenvalue weighted by molar-refractivity contribution is -0.113. The van der Waals surface area contributed by atoms with Gasteiger partial charge in [-0.05, 0) is 43.0 Å². The topological polar surface area (TPSA) is 47.6 Å². The van der Waals surface area contributed by atoms with Crippen LogP contribution in [0.15, 0.2) is 42.0 Å². The molecule has 0 spiro atoms. The molecule has 0 aliphatic carbocycles. The molecule has 1 N–H and O–H groups in total. The summed E-state index contributed by atoms with van der Waals surface area (Å²) in [6, 6.07) is 11.9. The number of nitrogens with one attached hydrogen (secondary N) is 1. The second kappa shape index (κ2) is 8.09. The molecule has 26 heavy (non-hydrogen) atoms. The number of amides is 1. The number of hydrogen-bond donors (Lipinski definition) is 1. The normalized spacial score (nSPS) is 12.7. The number of aryl methyl sites for hydroxylation is 2. The van der Waals surface area contributed by atoms with Crippen LogP contribution in [0, 0.1) is 0 Å². The zero-order valence-corrected chi connectivity index (χ0v) is 15.6. The van der Waals surface area contributed by atoms with Crippen molar-refractivity contribution in [1.82, 2.24) is 0 Å². The van der Waals surface area contributed by atoms with Crippen molar-refractivity contribution < 1.29 is 14.3 Å². The van der Waals surface area contributed by atoms with Gasteiger partial charge in [0.2, 0.25) is 0 Å². The molecule has 1 heterocycles. The predicted molar refractivity (Wildman–Crippen MR) is 105 cm³/mol. The summed E-state index contributed by atoms with van der Waals surface area (Å²) in [4.78, 5) is 12.8. The van der Waals surface area contributed by atoms with E-state index in [4.69, 9.17) is 9.47 Å². The van der Waals surface area contributed by atoms with E-state index in [2.05, 4.69) is 31.3 Å². The van der Waals surface area contributed by atoms with Gasteiger partial charge in [0.05, 0.1) is 12.2 Å². The quantitative estimate of drug-likeness (QED) is 0.826. The summed E-state index contributed by atoms with van der Waals surface area (Å²) in [7, 11) is 0. The first kappa shape index (κ1) is 18.1. The zero-order chi connectivity index (χ0) is 18.5. The molecule has 0 saturated heterocycles. The van der Waals surface area contributed by atoms with Crippen LogP contribution in [0.2, 0.25) is 0 Å². The number of benzene rings is 2. The molecule has 0 bridgehead atoms. The zero-order valence-electron chi connectivity index (χ0n) is 15.6. The largest absolute Gasteiger partial charge is 0.490 e. The Morgan fingerprint density at radius 3 is 2.42 bits per heavy atom. The summed E-state index contributed by atoms with van der Waals surface area (Å²) < 4.78 is 11.4. The molecule has 0 unspecified atom stereocenters. The molecule has 1 amide bonds. The summed E-state index contributed by atoms with van der Waals surface area (Å²) in [5.41, 5.74) is 4.70. The highest BCUT2D eigenvalue weighted by Crippen LogP contribution is 2.36. The first-order valence-electron chi connectivity index (χ1n) is 9.19. The van der Waals surface area contributed by atoms with Gasteiger partial charge in [-0.25, -0.2) is 0 Å². The standard InChI is InChI=1S/C22H25NO3/c1-4-15-9-7-10-16(5-2)20(15)23-22(24)18-13-17-11-8-12-19(25-6-3)21(17)26-14-18/h7-13H,4-6,14H2,1-3H3,(H,23,24). The monoisotopic (exact) mass is 351 g/mol. The molecule has 0 saturated carbocycles. The third-order valence-electron chi connectivity index (χ3n) is 4.54. The summed E-state index contributed by atoms with van der Waals surface area (Å²) in [6.45, 7) is 6.94. The van der Waals surface area contributed by atoms with Crippen LogP contribution in [0.3, 0.4) is 0 Å². The van der Waals surface area contributed by atoms with Crippen molar-refractivity contribution in [1.29, 1.82) is 0 Å². The second-order valence-electron chi connectivity index (χ2n) is 6.18. The van der Waals surface area contributed by atoms with E-state index in [1.807, 2.05) is 37.3 Å². The van der Waals surface area contributed by atoms with E-state index in [1.165, 1.54) is 0 Å². The molecule has 0 aromatic heterocycles. The summed E-state index contributed by atoms with van der Waals surface area (Å²) >= 11 is 0. The fourth-order valence-electron chi connectivity index (χ4n) is 3.18. The second-order valence-corrected chi connectivity index (χ2v) is 6.18. The van der Waals surface area contributed by atoms with Crippen molar-refractivity contribution in [2.45, 2.75) is 33.6 Å². The molecular weight excluding hydrogens is 326 g/mol. The molecule has 1 aliphatic rings. The highest BCUT2D eigenvalue weighted by molar-refractivity contribution is 6.08. The molecule has 2 aromatic rings. The molecule has 3 rings (SSSR count). The maximum absolute atomic E-state index is 12.8. The lowest BCUT2D eigenvalue weighted by Crippen LogP contribution is -2.22. The van der Waals surface area contributed by atoms with Gasteiger partial charge in [0, 0.05) is 11.3 Å². The number of ether oxygens (including phenoxy) is 2. The van der Waals surface area contributed by atoms with E-state index >= 15 is 0 Å². The maximum Gasteiger partial charge on any atom is 0.255 e. The van der Waals surface area contributed by atoms with Crippen LogP contribution in [0.25, 0.3) is 6.08 Å². The van der Waals surface area contributed by atoms with Crippen LogP contribution in [0.5, 0.6) is 11.5 Å². The number of rotatable bonds is 6. The van der Waals surface area contributed by atoms with E-state index < -0.39 is 0 Å². The Bertz CT molecular complexity index is 817. The smallest absolute Gasteiger partial charge is 0.255 e. The average Bonchev–Trinajstić information content (AvgIpc) is 2.68. The number of carbonyl (C=O) groups is 1. The van der Waals surface area contributed by atoms with Crippen molar-refractivity contribution >= 4 is 17.7 Å². The fraction of sp³-hybridized carbons (Fsp3) is 0.318. The van der Waals surface area contributed by atoms with Crippen molar-refractivity contribution in [3.63, 3.8) is 0 Å². The van der Waals surface area contributed by atoms with Gasteiger partial charge in [0.25, 0.3) is 5.91 Å². The van der Waals surface area contributed by atoms with Gasteiger partial charge in [0.1, 0.15) is 6.61 Å². The number of carbonyl (C=O) groups excluding carboxylic acids is 1. The molecule has 4 heteroatoms. The van der Waals surface area contributed by atoms with Crippen molar-refractivity contribution in [2.75, 3.05) is 18.5 Å². The van der Waals surface area contributed by atoms with E-state index in [1.54, 1.807) is 0 Å². The molecule has 0 radical (unpaired) electrons. The molecule has 1 aliphatic heterocycles. The van der Waals surface area contributed by atoms with E-state index in [0.717, 1.165) is 35.2 Å². The fourth-order valence-corrected chi connectivity index (χ4v) is 3.18. The Morgan fingerprint density at radius 2 is 1.77 bits per heavy atom. The molecule has 0 atom stereocenters. The maximum atomic E-state index is 12.8. The third-order valence-corrected chi connectivity index (χ3v) is 4.54. The third kappa shape index (κ3) is 3.59. The molecule has 2 aromatic carbocycles. The minimum Gasteiger partial charge on any atom is -0.490 e. The van der Waals surface area contributed by atoms with Gasteiger partial charge in [-0.2, -0.15) is 0 Å². The Hall–Kier alpha value is -2.75. The summed E-state index contributed by atoms with van der Waals surface area (Å²) in [5, 5.41) is 3.10. The van der Waals surface area contributed by atoms with E-state index in [-0.39, 0.29) is 12.5 Å². The first-order valence-corrected chi connectivity index (χ1v) is 9.19. The number of hydrogen-bond acceptors (Lipinski definition) is 3. The number of para-hydroxylation sites is 2. The van der Waals surface area contributed by atoms with Gasteiger partial charge in [-0.1, -0.05) is 44.2 Å². The molecule has 4 nitrogen and oxygen atoms in total. The predicted octanol–water partition coefficient (Wildman–Crippen LogP) is 4.62.